The zero-order valence-corrected chi connectivity index (χ0v) is 12.3. The van der Waals surface area contributed by atoms with Gasteiger partial charge in [0.15, 0.2) is 0 Å². The van der Waals surface area contributed by atoms with Crippen LogP contribution in [0.1, 0.15) is 32.3 Å². The zero-order valence-electron chi connectivity index (χ0n) is 11.5. The van der Waals surface area contributed by atoms with Gasteiger partial charge < -0.3 is 10.2 Å². The Hall–Kier alpha value is -0.730. The Morgan fingerprint density at radius 3 is 2.83 bits per heavy atom. The minimum Gasteiger partial charge on any atom is -0.369 e. The monoisotopic (exact) mass is 266 g/mol. The number of piperidine rings is 1. The van der Waals surface area contributed by atoms with Gasteiger partial charge >= 0.3 is 0 Å². The third kappa shape index (κ3) is 3.39. The lowest BCUT2D eigenvalue weighted by atomic mass is 10.0. The van der Waals surface area contributed by atoms with E-state index >= 15 is 0 Å². The van der Waals surface area contributed by atoms with E-state index in [1.165, 1.54) is 24.1 Å². The molecule has 1 saturated heterocycles. The first-order valence-corrected chi connectivity index (χ1v) is 7.21. The van der Waals surface area contributed by atoms with E-state index < -0.39 is 0 Å². The van der Waals surface area contributed by atoms with Crippen LogP contribution in [0.25, 0.3) is 0 Å². The zero-order chi connectivity index (χ0) is 13.1. The normalized spacial score (nSPS) is 20.5. The van der Waals surface area contributed by atoms with Crippen molar-refractivity contribution in [3.8, 4) is 0 Å². The second kappa shape index (κ2) is 5.94. The van der Waals surface area contributed by atoms with E-state index in [4.69, 9.17) is 11.6 Å². The maximum atomic E-state index is 6.35. The van der Waals surface area contributed by atoms with Crippen LogP contribution in [-0.4, -0.2) is 25.2 Å². The van der Waals surface area contributed by atoms with Crippen molar-refractivity contribution in [1.82, 2.24) is 5.32 Å². The Kier molecular flexibility index (Phi) is 4.52. The number of rotatable bonds is 3. The van der Waals surface area contributed by atoms with E-state index in [1.54, 1.807) is 0 Å². The molecule has 1 unspecified atom stereocenters. The quantitative estimate of drug-likeness (QED) is 0.899. The molecule has 1 aromatic carbocycles. The van der Waals surface area contributed by atoms with Crippen molar-refractivity contribution in [3.63, 3.8) is 0 Å². The fraction of sp³-hybridized carbons (Fsp3) is 0.600. The summed E-state index contributed by atoms with van der Waals surface area (Å²) in [4.78, 5) is 2.41. The second-order valence-electron chi connectivity index (χ2n) is 5.56. The standard InChI is InChI=1S/C15H23ClN2/c1-11(2)17-13-5-4-8-18(10-13)15-7-6-12(3)9-14(15)16/h6-7,9,11,13,17H,4-5,8,10H2,1-3H3. The van der Waals surface area contributed by atoms with Crippen molar-refractivity contribution in [3.05, 3.63) is 28.8 Å². The predicted molar refractivity (Wildman–Crippen MR) is 79.7 cm³/mol. The molecule has 0 aromatic heterocycles. The van der Waals surface area contributed by atoms with E-state index in [2.05, 4.69) is 49.2 Å². The molecule has 1 N–H and O–H groups in total. The summed E-state index contributed by atoms with van der Waals surface area (Å²) in [6, 6.07) is 7.46. The lowest BCUT2D eigenvalue weighted by Crippen LogP contribution is -2.48. The molecule has 0 aliphatic carbocycles. The lowest BCUT2D eigenvalue weighted by Gasteiger charge is -2.36. The first-order valence-electron chi connectivity index (χ1n) is 6.83. The summed E-state index contributed by atoms with van der Waals surface area (Å²) in [5, 5.41) is 4.50. The molecule has 0 bridgehead atoms. The Morgan fingerprint density at radius 2 is 2.17 bits per heavy atom. The maximum Gasteiger partial charge on any atom is 0.0642 e. The predicted octanol–water partition coefficient (Wildman–Crippen LogP) is 3.62. The number of aryl methyl sites for hydroxylation is 1. The van der Waals surface area contributed by atoms with Gasteiger partial charge in [-0.25, -0.2) is 0 Å². The van der Waals surface area contributed by atoms with Gasteiger partial charge in [-0.1, -0.05) is 31.5 Å². The van der Waals surface area contributed by atoms with Crippen molar-refractivity contribution in [2.45, 2.75) is 45.7 Å². The van der Waals surface area contributed by atoms with Crippen LogP contribution in [0.3, 0.4) is 0 Å². The van der Waals surface area contributed by atoms with E-state index in [0.29, 0.717) is 12.1 Å². The van der Waals surface area contributed by atoms with Gasteiger partial charge in [0.05, 0.1) is 10.7 Å². The third-order valence-electron chi connectivity index (χ3n) is 3.43. The van der Waals surface area contributed by atoms with Crippen LogP contribution >= 0.6 is 11.6 Å². The molecule has 1 heterocycles. The summed E-state index contributed by atoms with van der Waals surface area (Å²) in [5.74, 6) is 0. The van der Waals surface area contributed by atoms with Gasteiger partial charge in [-0.05, 0) is 37.5 Å². The van der Waals surface area contributed by atoms with E-state index in [-0.39, 0.29) is 0 Å². The highest BCUT2D eigenvalue weighted by molar-refractivity contribution is 6.33. The number of nitrogens with one attached hydrogen (secondary N) is 1. The molecule has 0 amide bonds. The molecule has 3 heteroatoms. The highest BCUT2D eigenvalue weighted by Gasteiger charge is 2.21. The highest BCUT2D eigenvalue weighted by Crippen LogP contribution is 2.29. The summed E-state index contributed by atoms with van der Waals surface area (Å²) in [6.07, 6.45) is 2.49. The van der Waals surface area contributed by atoms with Crippen molar-refractivity contribution in [2.75, 3.05) is 18.0 Å². The molecule has 100 valence electrons. The fourth-order valence-electron chi connectivity index (χ4n) is 2.67. The van der Waals surface area contributed by atoms with Gasteiger partial charge in [0.2, 0.25) is 0 Å². The minimum absolute atomic E-state index is 0.545. The lowest BCUT2D eigenvalue weighted by molar-refractivity contribution is 0.395. The molecular formula is C15H23ClN2. The van der Waals surface area contributed by atoms with E-state index in [1.807, 2.05) is 0 Å². The minimum atomic E-state index is 0.545. The van der Waals surface area contributed by atoms with E-state index in [0.717, 1.165) is 18.1 Å². The summed E-state index contributed by atoms with van der Waals surface area (Å²) in [7, 11) is 0. The Labute approximate surface area is 115 Å². The van der Waals surface area contributed by atoms with Gasteiger partial charge in [-0.2, -0.15) is 0 Å². The molecule has 2 rings (SSSR count). The molecule has 0 saturated carbocycles. The van der Waals surface area contributed by atoms with Crippen LogP contribution in [0.15, 0.2) is 18.2 Å². The largest absolute Gasteiger partial charge is 0.369 e. The molecule has 1 aliphatic heterocycles. The summed E-state index contributed by atoms with van der Waals surface area (Å²) >= 11 is 6.35. The molecule has 1 aliphatic rings. The average molecular weight is 267 g/mol. The average Bonchev–Trinajstić information content (AvgIpc) is 2.28. The summed E-state index contributed by atoms with van der Waals surface area (Å²) < 4.78 is 0. The van der Waals surface area contributed by atoms with Crippen LogP contribution in [-0.2, 0) is 0 Å². The van der Waals surface area contributed by atoms with Crippen LogP contribution in [0.5, 0.6) is 0 Å². The molecule has 1 fully saturated rings. The highest BCUT2D eigenvalue weighted by atomic mass is 35.5. The maximum absolute atomic E-state index is 6.35. The fourth-order valence-corrected chi connectivity index (χ4v) is 3.03. The Bertz CT molecular complexity index is 403. The van der Waals surface area contributed by atoms with Crippen LogP contribution in [0.4, 0.5) is 5.69 Å². The van der Waals surface area contributed by atoms with Gasteiger partial charge in [0.25, 0.3) is 0 Å². The van der Waals surface area contributed by atoms with Gasteiger partial charge in [0, 0.05) is 25.2 Å². The molecule has 2 nitrogen and oxygen atoms in total. The number of anilines is 1. The SMILES string of the molecule is Cc1ccc(N2CCCC(NC(C)C)C2)c(Cl)c1. The summed E-state index contributed by atoms with van der Waals surface area (Å²) in [5.41, 5.74) is 2.40. The second-order valence-corrected chi connectivity index (χ2v) is 5.97. The van der Waals surface area contributed by atoms with Crippen molar-refractivity contribution < 1.29 is 0 Å². The van der Waals surface area contributed by atoms with Crippen molar-refractivity contribution in [2.24, 2.45) is 0 Å². The Balaban J connectivity index is 2.08. The third-order valence-corrected chi connectivity index (χ3v) is 3.74. The smallest absolute Gasteiger partial charge is 0.0642 e. The Morgan fingerprint density at radius 1 is 1.39 bits per heavy atom. The first-order chi connectivity index (χ1) is 8.56. The summed E-state index contributed by atoms with van der Waals surface area (Å²) in [6.45, 7) is 8.66. The number of nitrogens with zero attached hydrogens (tertiary/aromatic N) is 1. The topological polar surface area (TPSA) is 15.3 Å². The van der Waals surface area contributed by atoms with E-state index in [9.17, 15) is 0 Å². The number of benzene rings is 1. The molecule has 0 spiro atoms. The van der Waals surface area contributed by atoms with Gasteiger partial charge in [0.1, 0.15) is 0 Å². The molecular weight excluding hydrogens is 244 g/mol. The van der Waals surface area contributed by atoms with Crippen LogP contribution < -0.4 is 10.2 Å². The molecule has 18 heavy (non-hydrogen) atoms. The molecule has 1 aromatic rings. The van der Waals surface area contributed by atoms with Crippen molar-refractivity contribution >= 4 is 17.3 Å². The first kappa shape index (κ1) is 13.7. The van der Waals surface area contributed by atoms with Crippen LogP contribution in [0, 0.1) is 6.92 Å². The number of halogens is 1. The van der Waals surface area contributed by atoms with Gasteiger partial charge in [-0.3, -0.25) is 0 Å². The van der Waals surface area contributed by atoms with Gasteiger partial charge in [-0.15, -0.1) is 0 Å². The van der Waals surface area contributed by atoms with Crippen molar-refractivity contribution in [1.29, 1.82) is 0 Å². The number of hydrogen-bond acceptors (Lipinski definition) is 2. The van der Waals surface area contributed by atoms with Crippen LogP contribution in [0.2, 0.25) is 5.02 Å². The molecule has 1 atom stereocenters. The molecule has 0 radical (unpaired) electrons. The number of hydrogen-bond donors (Lipinski definition) is 1.